The van der Waals surface area contributed by atoms with E-state index in [1.807, 2.05) is 12.1 Å². The lowest BCUT2D eigenvalue weighted by Gasteiger charge is -2.12. The van der Waals surface area contributed by atoms with E-state index in [0.29, 0.717) is 59.0 Å². The number of aromatic nitrogens is 4. The largest absolute Gasteiger partial charge is 0.488 e. The summed E-state index contributed by atoms with van der Waals surface area (Å²) in [7, 11) is -1.54. The van der Waals surface area contributed by atoms with Gasteiger partial charge in [0, 0.05) is 18.4 Å². The molecule has 32 heavy (non-hydrogen) atoms. The lowest BCUT2D eigenvalue weighted by atomic mass is 9.80. The van der Waals surface area contributed by atoms with Gasteiger partial charge < -0.3 is 25.8 Å². The highest BCUT2D eigenvalue weighted by Gasteiger charge is 2.23. The minimum atomic E-state index is -1.54. The topological polar surface area (TPSA) is 148 Å². The number of anilines is 1. The number of nitrogens with one attached hydrogen (secondary N) is 1. The maximum atomic E-state index is 11.8. The average Bonchev–Trinajstić information content (AvgIpc) is 3.44. The second-order valence-electron chi connectivity index (χ2n) is 7.38. The number of hydrogen-bond acceptors (Lipinski definition) is 8. The molecule has 0 unspecified atom stereocenters. The molecule has 10 nitrogen and oxygen atoms in total. The van der Waals surface area contributed by atoms with Gasteiger partial charge in [-0.05, 0) is 23.2 Å². The quantitative estimate of drug-likeness (QED) is 0.316. The highest BCUT2D eigenvalue weighted by molar-refractivity contribution is 6.58. The summed E-state index contributed by atoms with van der Waals surface area (Å²) >= 11 is 0. The molecule has 0 atom stereocenters. The molecule has 3 heterocycles. The van der Waals surface area contributed by atoms with Crippen molar-refractivity contribution < 1.29 is 19.6 Å². The Labute approximate surface area is 182 Å². The SMILES string of the molecule is NC(=O)c1cccc2c1cnn2-c1nc2c(c(NCc3cccc(B(O)O)c3)n1)OCC2. The average molecular weight is 430 g/mol. The van der Waals surface area contributed by atoms with Crippen LogP contribution in [-0.4, -0.2) is 49.4 Å². The summed E-state index contributed by atoms with van der Waals surface area (Å²) < 4.78 is 7.30. The number of hydrogen-bond donors (Lipinski definition) is 4. The number of nitrogens with zero attached hydrogens (tertiary/aromatic N) is 4. The van der Waals surface area contributed by atoms with Crippen LogP contribution in [0.15, 0.2) is 48.7 Å². The number of fused-ring (bicyclic) bond motifs is 2. The number of primary amides is 1. The van der Waals surface area contributed by atoms with Gasteiger partial charge in [-0.2, -0.15) is 14.8 Å². The molecule has 0 bridgehead atoms. The van der Waals surface area contributed by atoms with E-state index in [-0.39, 0.29) is 0 Å². The normalized spacial score (nSPS) is 12.4. The van der Waals surface area contributed by atoms with Gasteiger partial charge in [-0.15, -0.1) is 0 Å². The van der Waals surface area contributed by atoms with Crippen LogP contribution in [0.5, 0.6) is 5.75 Å². The Hall–Kier alpha value is -3.96. The summed E-state index contributed by atoms with van der Waals surface area (Å²) in [6.07, 6.45) is 2.21. The van der Waals surface area contributed by atoms with E-state index < -0.39 is 13.0 Å². The standard InChI is InChI=1S/C21H19BN6O4/c23-19(29)14-5-2-6-17-15(14)11-25-28(17)21-26-16-7-8-32-18(16)20(27-21)24-10-12-3-1-4-13(9-12)22(30)31/h1-6,9,11,30-31H,7-8,10H2,(H2,23,29)(H,24,26,27). The van der Waals surface area contributed by atoms with Crippen LogP contribution in [0.4, 0.5) is 5.82 Å². The number of nitrogens with two attached hydrogens (primary N) is 1. The van der Waals surface area contributed by atoms with E-state index >= 15 is 0 Å². The van der Waals surface area contributed by atoms with Gasteiger partial charge in [-0.25, -0.2) is 4.98 Å². The Kier molecular flexibility index (Phi) is 4.96. The summed E-state index contributed by atoms with van der Waals surface area (Å²) in [6, 6.07) is 12.2. The third-order valence-corrected chi connectivity index (χ3v) is 5.29. The van der Waals surface area contributed by atoms with E-state index in [1.54, 1.807) is 41.2 Å². The number of ether oxygens (including phenoxy) is 1. The summed E-state index contributed by atoms with van der Waals surface area (Å²) in [6.45, 7) is 0.887. The zero-order valence-electron chi connectivity index (χ0n) is 16.9. The van der Waals surface area contributed by atoms with Crippen molar-refractivity contribution in [3.8, 4) is 11.7 Å². The van der Waals surface area contributed by atoms with Crippen LogP contribution < -0.4 is 21.3 Å². The van der Waals surface area contributed by atoms with Crippen LogP contribution in [0.2, 0.25) is 0 Å². The number of carbonyl (C=O) groups is 1. The van der Waals surface area contributed by atoms with Crippen molar-refractivity contribution in [1.29, 1.82) is 0 Å². The van der Waals surface area contributed by atoms with E-state index in [9.17, 15) is 14.8 Å². The molecule has 1 amide bonds. The van der Waals surface area contributed by atoms with E-state index in [1.165, 1.54) is 0 Å². The third-order valence-electron chi connectivity index (χ3n) is 5.29. The van der Waals surface area contributed by atoms with Gasteiger partial charge in [0.2, 0.25) is 5.91 Å². The number of amides is 1. The van der Waals surface area contributed by atoms with Gasteiger partial charge in [0.1, 0.15) is 0 Å². The Morgan fingerprint density at radius 2 is 2.06 bits per heavy atom. The Morgan fingerprint density at radius 1 is 1.22 bits per heavy atom. The molecule has 2 aromatic heterocycles. The molecule has 2 aromatic carbocycles. The second kappa shape index (κ2) is 7.95. The van der Waals surface area contributed by atoms with E-state index in [0.717, 1.165) is 11.3 Å². The lowest BCUT2D eigenvalue weighted by molar-refractivity contribution is 0.100. The predicted octanol–water partition coefficient (Wildman–Crippen LogP) is 0.141. The Bertz CT molecular complexity index is 1340. The van der Waals surface area contributed by atoms with Crippen LogP contribution in [0.25, 0.3) is 16.9 Å². The molecule has 160 valence electrons. The van der Waals surface area contributed by atoms with Crippen LogP contribution in [0.3, 0.4) is 0 Å². The van der Waals surface area contributed by atoms with Crippen molar-refractivity contribution in [2.75, 3.05) is 11.9 Å². The minimum Gasteiger partial charge on any atom is -0.487 e. The minimum absolute atomic E-state index is 0.341. The van der Waals surface area contributed by atoms with Crippen molar-refractivity contribution in [3.05, 3.63) is 65.5 Å². The fourth-order valence-corrected chi connectivity index (χ4v) is 3.74. The van der Waals surface area contributed by atoms with Crippen LogP contribution in [-0.2, 0) is 13.0 Å². The lowest BCUT2D eigenvalue weighted by Crippen LogP contribution is -2.30. The first-order valence-corrected chi connectivity index (χ1v) is 10.0. The molecule has 0 radical (unpaired) electrons. The molecule has 11 heteroatoms. The van der Waals surface area contributed by atoms with Gasteiger partial charge >= 0.3 is 7.12 Å². The van der Waals surface area contributed by atoms with Crippen LogP contribution in [0, 0.1) is 0 Å². The van der Waals surface area contributed by atoms with Gasteiger partial charge in [0.25, 0.3) is 5.95 Å². The summed E-state index contributed by atoms with van der Waals surface area (Å²) in [5, 5.41) is 27.1. The summed E-state index contributed by atoms with van der Waals surface area (Å²) in [5.41, 5.74) is 8.53. The van der Waals surface area contributed by atoms with Gasteiger partial charge in [-0.1, -0.05) is 30.3 Å². The fraction of sp³-hybridized carbons (Fsp3) is 0.143. The summed E-state index contributed by atoms with van der Waals surface area (Å²) in [4.78, 5) is 21.0. The van der Waals surface area contributed by atoms with Crippen LogP contribution >= 0.6 is 0 Å². The highest BCUT2D eigenvalue weighted by Crippen LogP contribution is 2.32. The van der Waals surface area contributed by atoms with E-state index in [4.69, 9.17) is 10.5 Å². The first kappa shape index (κ1) is 20.0. The van der Waals surface area contributed by atoms with Crippen molar-refractivity contribution in [2.24, 2.45) is 5.73 Å². The first-order valence-electron chi connectivity index (χ1n) is 10.0. The smallest absolute Gasteiger partial charge is 0.487 e. The maximum Gasteiger partial charge on any atom is 0.488 e. The molecule has 0 fully saturated rings. The second-order valence-corrected chi connectivity index (χ2v) is 7.38. The van der Waals surface area contributed by atoms with Gasteiger partial charge in [0.05, 0.1) is 29.6 Å². The third kappa shape index (κ3) is 3.53. The molecule has 4 aromatic rings. The Morgan fingerprint density at radius 3 is 2.88 bits per heavy atom. The molecule has 0 aliphatic carbocycles. The summed E-state index contributed by atoms with van der Waals surface area (Å²) in [5.74, 6) is 0.900. The van der Waals surface area contributed by atoms with E-state index in [2.05, 4.69) is 20.4 Å². The number of benzene rings is 2. The molecule has 0 saturated carbocycles. The molecular formula is C21H19BN6O4. The van der Waals surface area contributed by atoms with Crippen molar-refractivity contribution in [3.63, 3.8) is 0 Å². The van der Waals surface area contributed by atoms with Gasteiger partial charge in [0.15, 0.2) is 11.6 Å². The number of carbonyl (C=O) groups excluding carboxylic acids is 1. The Balaban J connectivity index is 1.52. The van der Waals surface area contributed by atoms with Crippen LogP contribution in [0.1, 0.15) is 21.6 Å². The van der Waals surface area contributed by atoms with Crippen molar-refractivity contribution >= 4 is 35.2 Å². The highest BCUT2D eigenvalue weighted by atomic mass is 16.5. The maximum absolute atomic E-state index is 11.8. The zero-order valence-corrected chi connectivity index (χ0v) is 16.9. The zero-order chi connectivity index (χ0) is 22.2. The molecule has 5 N–H and O–H groups in total. The molecule has 5 rings (SSSR count). The molecule has 0 spiro atoms. The monoisotopic (exact) mass is 430 g/mol. The molecule has 1 aliphatic rings. The number of rotatable bonds is 6. The van der Waals surface area contributed by atoms with Crippen molar-refractivity contribution in [1.82, 2.24) is 19.7 Å². The molecule has 1 aliphatic heterocycles. The molecular weight excluding hydrogens is 411 g/mol. The van der Waals surface area contributed by atoms with Crippen molar-refractivity contribution in [2.45, 2.75) is 13.0 Å². The van der Waals surface area contributed by atoms with Gasteiger partial charge in [-0.3, -0.25) is 4.79 Å². The fourth-order valence-electron chi connectivity index (χ4n) is 3.74. The first-order chi connectivity index (χ1) is 15.5. The predicted molar refractivity (Wildman–Crippen MR) is 118 cm³/mol. The molecule has 0 saturated heterocycles.